The van der Waals surface area contributed by atoms with Crippen molar-refractivity contribution in [3.05, 3.63) is 101 Å². The Morgan fingerprint density at radius 1 is 1.03 bits per heavy atom. The highest BCUT2D eigenvalue weighted by atomic mass is 32.1. The van der Waals surface area contributed by atoms with Gasteiger partial charge in [-0.2, -0.15) is 5.10 Å². The second-order valence-electron chi connectivity index (χ2n) is 7.76. The van der Waals surface area contributed by atoms with E-state index in [1.54, 1.807) is 28.5 Å². The van der Waals surface area contributed by atoms with Gasteiger partial charge < -0.3 is 5.32 Å². The second-order valence-corrected chi connectivity index (χ2v) is 8.59. The molecule has 2 heterocycles. The lowest BCUT2D eigenvalue weighted by Crippen LogP contribution is -2.26. The summed E-state index contributed by atoms with van der Waals surface area (Å²) in [4.78, 5) is 13.1. The molecule has 2 aromatic heterocycles. The summed E-state index contributed by atoms with van der Waals surface area (Å²) in [7, 11) is 0. The molecule has 6 nitrogen and oxygen atoms in total. The number of fused-ring (bicyclic) bond motifs is 1. The first kappa shape index (κ1) is 21.0. The zero-order valence-electron chi connectivity index (χ0n) is 17.7. The largest absolute Gasteiger partial charge is 0.300 e. The van der Waals surface area contributed by atoms with Crippen LogP contribution in [0.15, 0.2) is 84.5 Å². The van der Waals surface area contributed by atoms with Crippen molar-refractivity contribution >= 4 is 33.3 Å². The molecule has 0 aliphatic rings. The van der Waals surface area contributed by atoms with Gasteiger partial charge >= 0.3 is 0 Å². The van der Waals surface area contributed by atoms with Crippen molar-refractivity contribution in [2.24, 2.45) is 5.92 Å². The Hall–Kier alpha value is -3.91. The first-order valence-corrected chi connectivity index (χ1v) is 11.3. The standard InChI is InChI=1S/C25H20FN5OS/c1-16(24(32)29-25-30-27-15-33-25)23(17-5-3-2-4-6-17)18-7-12-22-19(13-18)14-28-31(22)21-10-8-20(26)9-11-21/h2-16,23H,1H3,(H,29,30,32)/t16-,23+/m1/s1. The Labute approximate surface area is 193 Å². The third-order valence-corrected chi connectivity index (χ3v) is 6.29. The SMILES string of the molecule is C[C@@H](C(=O)Nc1nncs1)[C@@H](c1ccccc1)c1ccc2c(cnn2-c2ccc(F)cc2)c1. The van der Waals surface area contributed by atoms with Crippen molar-refractivity contribution in [3.8, 4) is 5.69 Å². The number of rotatable bonds is 6. The minimum Gasteiger partial charge on any atom is -0.300 e. The lowest BCUT2D eigenvalue weighted by molar-refractivity contribution is -0.119. The van der Waals surface area contributed by atoms with Crippen molar-refractivity contribution < 1.29 is 9.18 Å². The van der Waals surface area contributed by atoms with Crippen LogP contribution in [0, 0.1) is 11.7 Å². The quantitative estimate of drug-likeness (QED) is 0.369. The predicted molar refractivity (Wildman–Crippen MR) is 127 cm³/mol. The molecule has 1 N–H and O–H groups in total. The molecule has 0 unspecified atom stereocenters. The van der Waals surface area contributed by atoms with Gasteiger partial charge in [-0.05, 0) is 47.5 Å². The molecule has 8 heteroatoms. The van der Waals surface area contributed by atoms with Gasteiger partial charge in [0.15, 0.2) is 0 Å². The number of halogens is 1. The number of nitrogens with one attached hydrogen (secondary N) is 1. The lowest BCUT2D eigenvalue weighted by atomic mass is 9.81. The van der Waals surface area contributed by atoms with E-state index in [4.69, 9.17) is 0 Å². The minimum atomic E-state index is -0.360. The number of hydrogen-bond acceptors (Lipinski definition) is 5. The highest BCUT2D eigenvalue weighted by molar-refractivity contribution is 7.13. The van der Waals surface area contributed by atoms with Crippen molar-refractivity contribution in [1.82, 2.24) is 20.0 Å². The number of aromatic nitrogens is 4. The molecule has 0 fully saturated rings. The molecule has 0 saturated heterocycles. The van der Waals surface area contributed by atoms with Gasteiger partial charge in [-0.1, -0.05) is 54.7 Å². The van der Waals surface area contributed by atoms with Crippen LogP contribution in [-0.2, 0) is 4.79 Å². The van der Waals surface area contributed by atoms with E-state index < -0.39 is 0 Å². The van der Waals surface area contributed by atoms with Gasteiger partial charge in [0, 0.05) is 17.2 Å². The first-order chi connectivity index (χ1) is 16.1. The number of benzene rings is 3. The van der Waals surface area contributed by atoms with Crippen molar-refractivity contribution in [3.63, 3.8) is 0 Å². The second kappa shape index (κ2) is 8.91. The van der Waals surface area contributed by atoms with E-state index in [0.717, 1.165) is 27.7 Å². The van der Waals surface area contributed by atoms with Gasteiger partial charge in [-0.3, -0.25) is 4.79 Å². The van der Waals surface area contributed by atoms with Crippen LogP contribution < -0.4 is 5.32 Å². The Morgan fingerprint density at radius 3 is 2.55 bits per heavy atom. The fraction of sp³-hybridized carbons (Fsp3) is 0.120. The van der Waals surface area contributed by atoms with E-state index in [9.17, 15) is 9.18 Å². The molecule has 0 spiro atoms. The summed E-state index contributed by atoms with van der Waals surface area (Å²) in [6.07, 6.45) is 1.79. The Bertz CT molecular complexity index is 1380. The van der Waals surface area contributed by atoms with Crippen LogP contribution in [0.25, 0.3) is 16.6 Å². The van der Waals surface area contributed by atoms with E-state index in [1.165, 1.54) is 23.5 Å². The van der Waals surface area contributed by atoms with Gasteiger partial charge in [-0.15, -0.1) is 10.2 Å². The zero-order valence-corrected chi connectivity index (χ0v) is 18.5. The van der Waals surface area contributed by atoms with Crippen LogP contribution >= 0.6 is 11.3 Å². The van der Waals surface area contributed by atoms with Crippen LogP contribution in [0.2, 0.25) is 0 Å². The van der Waals surface area contributed by atoms with E-state index in [-0.39, 0.29) is 23.6 Å². The van der Waals surface area contributed by atoms with E-state index >= 15 is 0 Å². The maximum atomic E-state index is 13.3. The summed E-state index contributed by atoms with van der Waals surface area (Å²) in [6, 6.07) is 22.3. The summed E-state index contributed by atoms with van der Waals surface area (Å²) in [5.41, 5.74) is 5.32. The van der Waals surface area contributed by atoms with E-state index in [2.05, 4.69) is 26.7 Å². The molecule has 0 radical (unpaired) electrons. The molecule has 5 rings (SSSR count). The molecule has 0 bridgehead atoms. The number of amides is 1. The van der Waals surface area contributed by atoms with Crippen molar-refractivity contribution in [1.29, 1.82) is 0 Å². The van der Waals surface area contributed by atoms with Crippen molar-refractivity contribution in [2.45, 2.75) is 12.8 Å². The summed E-state index contributed by atoms with van der Waals surface area (Å²) < 4.78 is 15.1. The van der Waals surface area contributed by atoms with Crippen molar-refractivity contribution in [2.75, 3.05) is 5.32 Å². The molecule has 5 aromatic rings. The third kappa shape index (κ3) is 4.25. The molecule has 164 valence electrons. The maximum absolute atomic E-state index is 13.3. The predicted octanol–water partition coefficient (Wildman–Crippen LogP) is 5.42. The number of carbonyl (C=O) groups excluding carboxylic acids is 1. The number of nitrogens with zero attached hydrogens (tertiary/aromatic N) is 4. The molecule has 1 amide bonds. The van der Waals surface area contributed by atoms with Gasteiger partial charge in [-0.25, -0.2) is 9.07 Å². The highest BCUT2D eigenvalue weighted by Gasteiger charge is 2.28. The minimum absolute atomic E-state index is 0.122. The lowest BCUT2D eigenvalue weighted by Gasteiger charge is -2.24. The highest BCUT2D eigenvalue weighted by Crippen LogP contribution is 2.35. The average molecular weight is 458 g/mol. The van der Waals surface area contributed by atoms with E-state index in [1.807, 2.05) is 49.4 Å². The fourth-order valence-electron chi connectivity index (χ4n) is 4.06. The fourth-order valence-corrected chi connectivity index (χ4v) is 4.51. The van der Waals surface area contributed by atoms with Crippen LogP contribution in [0.3, 0.4) is 0 Å². The van der Waals surface area contributed by atoms with Crippen LogP contribution in [0.1, 0.15) is 24.0 Å². The van der Waals surface area contributed by atoms with Gasteiger partial charge in [0.05, 0.1) is 17.4 Å². The Balaban J connectivity index is 1.52. The van der Waals surface area contributed by atoms with Gasteiger partial charge in [0.1, 0.15) is 11.3 Å². The maximum Gasteiger partial charge on any atom is 0.229 e. The number of anilines is 1. The topological polar surface area (TPSA) is 72.7 Å². The van der Waals surface area contributed by atoms with Gasteiger partial charge in [0.25, 0.3) is 0 Å². The summed E-state index contributed by atoms with van der Waals surface area (Å²) in [5, 5.41) is 16.5. The Kier molecular flexibility index (Phi) is 5.66. The molecule has 0 aliphatic carbocycles. The third-order valence-electron chi connectivity index (χ3n) is 5.68. The van der Waals surface area contributed by atoms with Crippen LogP contribution in [-0.4, -0.2) is 25.9 Å². The molecular formula is C25H20FN5OS. The van der Waals surface area contributed by atoms with Crippen LogP contribution in [0.5, 0.6) is 0 Å². The molecule has 0 saturated carbocycles. The Morgan fingerprint density at radius 2 is 1.82 bits per heavy atom. The van der Waals surface area contributed by atoms with Gasteiger partial charge in [0.2, 0.25) is 11.0 Å². The molecular weight excluding hydrogens is 437 g/mol. The van der Waals surface area contributed by atoms with E-state index in [0.29, 0.717) is 5.13 Å². The zero-order chi connectivity index (χ0) is 22.8. The molecule has 2 atom stereocenters. The molecule has 0 aliphatic heterocycles. The van der Waals surface area contributed by atoms with Crippen LogP contribution in [0.4, 0.5) is 9.52 Å². The molecule has 33 heavy (non-hydrogen) atoms. The molecule has 3 aromatic carbocycles. The summed E-state index contributed by atoms with van der Waals surface area (Å²) >= 11 is 1.29. The smallest absolute Gasteiger partial charge is 0.229 e. The number of hydrogen-bond donors (Lipinski definition) is 1. The average Bonchev–Trinajstić information content (AvgIpc) is 3.50. The normalized spacial score (nSPS) is 13.0. The summed E-state index contributed by atoms with van der Waals surface area (Å²) in [6.45, 7) is 1.92. The summed E-state index contributed by atoms with van der Waals surface area (Å²) in [5.74, 6) is -0.940. The monoisotopic (exact) mass is 457 g/mol. The first-order valence-electron chi connectivity index (χ1n) is 10.5. The number of carbonyl (C=O) groups is 1.